The second kappa shape index (κ2) is 11.6. The van der Waals surface area contributed by atoms with Crippen molar-refractivity contribution in [2.75, 3.05) is 18.0 Å². The quantitative estimate of drug-likeness (QED) is 0.257. The van der Waals surface area contributed by atoms with Gasteiger partial charge in [0.05, 0.1) is 0 Å². The molecule has 0 aliphatic carbocycles. The van der Waals surface area contributed by atoms with Crippen molar-refractivity contribution in [2.45, 2.75) is 37.8 Å². The fourth-order valence-corrected chi connectivity index (χ4v) is 4.56. The number of hydrogen-bond acceptors (Lipinski definition) is 5. The van der Waals surface area contributed by atoms with Gasteiger partial charge in [-0.15, -0.1) is 0 Å². The van der Waals surface area contributed by atoms with Crippen molar-refractivity contribution in [3.05, 3.63) is 102 Å². The number of carbonyl (C=O) groups is 3. The topological polar surface area (TPSA) is 95.9 Å². The molecule has 0 saturated heterocycles. The Bertz CT molecular complexity index is 1200. The fraction of sp³-hybridized carbons (Fsp3) is 0.276. The minimum atomic E-state index is -1.69. The maximum atomic E-state index is 14.0. The highest BCUT2D eigenvalue weighted by Gasteiger charge is 2.51. The third kappa shape index (κ3) is 5.80. The first-order chi connectivity index (χ1) is 17.5. The van der Waals surface area contributed by atoms with E-state index in [1.807, 2.05) is 72.8 Å². The van der Waals surface area contributed by atoms with Gasteiger partial charge in [0.15, 0.2) is 5.54 Å². The molecule has 0 fully saturated rings. The van der Waals surface area contributed by atoms with Gasteiger partial charge in [0, 0.05) is 5.69 Å². The Labute approximate surface area is 210 Å². The van der Waals surface area contributed by atoms with Crippen molar-refractivity contribution in [3.63, 3.8) is 0 Å². The van der Waals surface area contributed by atoms with Crippen molar-refractivity contribution in [1.82, 2.24) is 5.32 Å². The zero-order valence-corrected chi connectivity index (χ0v) is 20.1. The van der Waals surface area contributed by atoms with Gasteiger partial charge in [-0.2, -0.15) is 0 Å². The second-order valence-corrected chi connectivity index (χ2v) is 8.90. The molecule has 0 saturated carbocycles. The molecule has 3 aromatic carbocycles. The number of rotatable bonds is 10. The van der Waals surface area contributed by atoms with E-state index in [0.717, 1.165) is 23.1 Å². The maximum Gasteiger partial charge on any atom is 0.336 e. The highest BCUT2D eigenvalue weighted by Crippen LogP contribution is 2.32. The Kier molecular flexibility index (Phi) is 8.13. The lowest BCUT2D eigenvalue weighted by molar-refractivity contribution is -0.157. The first-order valence-corrected chi connectivity index (χ1v) is 12.1. The largest absolute Gasteiger partial charge is 0.480 e. The van der Waals surface area contributed by atoms with Gasteiger partial charge in [-0.1, -0.05) is 78.9 Å². The fourth-order valence-electron chi connectivity index (χ4n) is 4.56. The normalized spacial score (nSPS) is 17.2. The summed E-state index contributed by atoms with van der Waals surface area (Å²) in [5.74, 6) is -2.46. The van der Waals surface area contributed by atoms with E-state index in [-0.39, 0.29) is 13.0 Å². The van der Waals surface area contributed by atoms with Crippen LogP contribution in [0.15, 0.2) is 84.9 Å². The summed E-state index contributed by atoms with van der Waals surface area (Å²) >= 11 is 0. The van der Waals surface area contributed by atoms with Crippen LogP contribution in [0.25, 0.3) is 0 Å². The summed E-state index contributed by atoms with van der Waals surface area (Å²) in [7, 11) is 0. The van der Waals surface area contributed by atoms with E-state index in [4.69, 9.17) is 4.74 Å². The minimum absolute atomic E-state index is 0.0201. The predicted octanol–water partition coefficient (Wildman–Crippen LogP) is 3.76. The van der Waals surface area contributed by atoms with Crippen LogP contribution in [0.1, 0.15) is 29.5 Å². The summed E-state index contributed by atoms with van der Waals surface area (Å²) in [5, 5.41) is 12.8. The number of ether oxygens (including phenoxy) is 1. The molecule has 36 heavy (non-hydrogen) atoms. The van der Waals surface area contributed by atoms with E-state index in [9.17, 15) is 19.5 Å². The molecule has 2 N–H and O–H groups in total. The average Bonchev–Trinajstić information content (AvgIpc) is 3.02. The van der Waals surface area contributed by atoms with Gasteiger partial charge in [-0.3, -0.25) is 19.8 Å². The van der Waals surface area contributed by atoms with Gasteiger partial charge in [-0.25, -0.2) is 4.79 Å². The number of aliphatic carboxylic acids is 1. The minimum Gasteiger partial charge on any atom is -0.480 e. The summed E-state index contributed by atoms with van der Waals surface area (Å²) in [4.78, 5) is 40.5. The number of nitrogens with zero attached hydrogens (tertiary/aromatic N) is 1. The standard InChI is InChI=1S/C29H30N2O5/c32-26(33)20-31-25-16-8-7-15-24(25)17-18-29(27(31)34,28(35)36-21-23-12-5-2-6-13-23)30-19-9-14-22-10-3-1-4-11-22/h1-8,10-13,15-16,30H,9,14,17-21H2,(H,32,33). The molecule has 0 aromatic heterocycles. The molecule has 7 nitrogen and oxygen atoms in total. The zero-order chi connectivity index (χ0) is 25.4. The molecule has 3 aromatic rings. The molecule has 4 rings (SSSR count). The Morgan fingerprint density at radius 3 is 2.25 bits per heavy atom. The molecule has 1 amide bonds. The number of carbonyl (C=O) groups excluding carboxylic acids is 2. The number of aryl methyl sites for hydroxylation is 2. The van der Waals surface area contributed by atoms with Crippen LogP contribution in [0.5, 0.6) is 0 Å². The molecular weight excluding hydrogens is 456 g/mol. The molecular formula is C29H30N2O5. The molecule has 1 unspecified atom stereocenters. The smallest absolute Gasteiger partial charge is 0.336 e. The molecule has 0 radical (unpaired) electrons. The first-order valence-electron chi connectivity index (χ1n) is 12.1. The zero-order valence-electron chi connectivity index (χ0n) is 20.1. The highest BCUT2D eigenvalue weighted by molar-refractivity contribution is 6.16. The molecule has 0 bridgehead atoms. The summed E-state index contributed by atoms with van der Waals surface area (Å²) in [6, 6.07) is 26.4. The molecule has 1 heterocycles. The highest BCUT2D eigenvalue weighted by atomic mass is 16.5. The lowest BCUT2D eigenvalue weighted by Crippen LogP contribution is -2.64. The Hall–Kier alpha value is -3.97. The lowest BCUT2D eigenvalue weighted by Gasteiger charge is -2.33. The molecule has 1 aliphatic heterocycles. The van der Waals surface area contributed by atoms with Gasteiger partial charge < -0.3 is 9.84 Å². The van der Waals surface area contributed by atoms with Crippen LogP contribution >= 0.6 is 0 Å². The average molecular weight is 487 g/mol. The molecule has 0 spiro atoms. The van der Waals surface area contributed by atoms with Crippen molar-refractivity contribution >= 4 is 23.5 Å². The van der Waals surface area contributed by atoms with Crippen molar-refractivity contribution in [2.24, 2.45) is 0 Å². The number of anilines is 1. The van der Waals surface area contributed by atoms with Gasteiger partial charge >= 0.3 is 11.9 Å². The number of benzene rings is 3. The van der Waals surface area contributed by atoms with Gasteiger partial charge in [-0.05, 0) is 55.0 Å². The number of carboxylic acids is 1. The monoisotopic (exact) mass is 486 g/mol. The number of esters is 1. The van der Waals surface area contributed by atoms with E-state index in [1.165, 1.54) is 4.90 Å². The van der Waals surface area contributed by atoms with Crippen LogP contribution < -0.4 is 10.2 Å². The second-order valence-electron chi connectivity index (χ2n) is 8.90. The molecule has 7 heteroatoms. The predicted molar refractivity (Wildman–Crippen MR) is 136 cm³/mol. The third-order valence-electron chi connectivity index (χ3n) is 6.43. The van der Waals surface area contributed by atoms with Gasteiger partial charge in [0.25, 0.3) is 5.91 Å². The summed E-state index contributed by atoms with van der Waals surface area (Å²) in [6.07, 6.45) is 2.05. The van der Waals surface area contributed by atoms with Crippen LogP contribution in [-0.4, -0.2) is 41.6 Å². The molecule has 1 atom stereocenters. The van der Waals surface area contributed by atoms with E-state index in [0.29, 0.717) is 25.1 Å². The summed E-state index contributed by atoms with van der Waals surface area (Å²) in [6.45, 7) is -0.139. The molecule has 1 aliphatic rings. The SMILES string of the molecule is O=C(O)CN1C(=O)C(NCCCc2ccccc2)(C(=O)OCc2ccccc2)CCc2ccccc21. The number of hydrogen-bond donors (Lipinski definition) is 2. The van der Waals surface area contributed by atoms with E-state index >= 15 is 0 Å². The summed E-state index contributed by atoms with van der Waals surface area (Å²) in [5.41, 5.74) is 1.59. The maximum absolute atomic E-state index is 14.0. The number of fused-ring (bicyclic) bond motifs is 1. The van der Waals surface area contributed by atoms with Crippen LogP contribution in [0.4, 0.5) is 5.69 Å². The van der Waals surface area contributed by atoms with Crippen LogP contribution in [-0.2, 0) is 38.6 Å². The number of carboxylic acid groups (broad SMARTS) is 1. The Morgan fingerprint density at radius 1 is 0.917 bits per heavy atom. The lowest BCUT2D eigenvalue weighted by atomic mass is 9.90. The van der Waals surface area contributed by atoms with Crippen LogP contribution in [0, 0.1) is 0 Å². The van der Waals surface area contributed by atoms with Gasteiger partial charge in [0.1, 0.15) is 13.2 Å². The summed E-state index contributed by atoms with van der Waals surface area (Å²) < 4.78 is 5.67. The van der Waals surface area contributed by atoms with Crippen LogP contribution in [0.2, 0.25) is 0 Å². The third-order valence-corrected chi connectivity index (χ3v) is 6.43. The number of para-hydroxylation sites is 1. The van der Waals surface area contributed by atoms with Gasteiger partial charge in [0.2, 0.25) is 0 Å². The van der Waals surface area contributed by atoms with E-state index in [1.54, 1.807) is 12.1 Å². The van der Waals surface area contributed by atoms with Crippen molar-refractivity contribution < 1.29 is 24.2 Å². The van der Waals surface area contributed by atoms with Crippen molar-refractivity contribution in [3.8, 4) is 0 Å². The van der Waals surface area contributed by atoms with Crippen LogP contribution in [0.3, 0.4) is 0 Å². The molecule has 186 valence electrons. The van der Waals surface area contributed by atoms with E-state index in [2.05, 4.69) is 5.32 Å². The number of amides is 1. The first kappa shape index (κ1) is 25.1. The van der Waals surface area contributed by atoms with Crippen molar-refractivity contribution in [1.29, 1.82) is 0 Å². The number of nitrogens with one attached hydrogen (secondary N) is 1. The Morgan fingerprint density at radius 2 is 1.56 bits per heavy atom. The van der Waals surface area contributed by atoms with E-state index < -0.39 is 29.9 Å². The Balaban J connectivity index is 1.60.